The van der Waals surface area contributed by atoms with Crippen molar-refractivity contribution >= 4 is 23.3 Å². The van der Waals surface area contributed by atoms with Crippen LogP contribution in [0.15, 0.2) is 42.6 Å². The Hall–Kier alpha value is -2.11. The van der Waals surface area contributed by atoms with Crippen LogP contribution in [0.25, 0.3) is 0 Å². The second-order valence-corrected chi connectivity index (χ2v) is 5.91. The Kier molecular flexibility index (Phi) is 6.38. The van der Waals surface area contributed by atoms with E-state index in [0.29, 0.717) is 17.1 Å². The van der Waals surface area contributed by atoms with Gasteiger partial charge in [0.05, 0.1) is 5.56 Å². The molecular formula is C17H21ClN4O. The molecule has 5 nitrogen and oxygen atoms in total. The zero-order chi connectivity index (χ0) is 16.7. The summed E-state index contributed by atoms with van der Waals surface area (Å²) in [4.78, 5) is 18.4. The second-order valence-electron chi connectivity index (χ2n) is 5.47. The van der Waals surface area contributed by atoms with Crippen molar-refractivity contribution in [3.8, 4) is 0 Å². The Morgan fingerprint density at radius 1 is 1.17 bits per heavy atom. The van der Waals surface area contributed by atoms with Gasteiger partial charge in [0.15, 0.2) is 0 Å². The number of benzene rings is 1. The second kappa shape index (κ2) is 8.50. The van der Waals surface area contributed by atoms with Crippen LogP contribution in [0.1, 0.15) is 15.9 Å². The molecule has 1 amide bonds. The number of aromatic nitrogens is 1. The minimum atomic E-state index is -0.146. The molecule has 0 aliphatic rings. The Bertz CT molecular complexity index is 626. The Balaban J connectivity index is 1.83. The summed E-state index contributed by atoms with van der Waals surface area (Å²) in [5, 5.41) is 6.75. The maximum atomic E-state index is 12.1. The van der Waals surface area contributed by atoms with E-state index >= 15 is 0 Å². The van der Waals surface area contributed by atoms with Gasteiger partial charge in [0.1, 0.15) is 5.82 Å². The molecule has 2 N–H and O–H groups in total. The first-order valence-corrected chi connectivity index (χ1v) is 7.79. The third kappa shape index (κ3) is 5.88. The molecule has 6 heteroatoms. The van der Waals surface area contributed by atoms with Gasteiger partial charge in [0.2, 0.25) is 0 Å². The zero-order valence-electron chi connectivity index (χ0n) is 13.3. The smallest absolute Gasteiger partial charge is 0.253 e. The number of halogens is 1. The lowest BCUT2D eigenvalue weighted by atomic mass is 10.2. The van der Waals surface area contributed by atoms with E-state index in [9.17, 15) is 4.79 Å². The third-order valence-electron chi connectivity index (χ3n) is 3.26. The summed E-state index contributed by atoms with van der Waals surface area (Å²) in [6, 6.07) is 11.0. The molecule has 0 spiro atoms. The lowest BCUT2D eigenvalue weighted by Crippen LogP contribution is -2.23. The number of likely N-dealkylation sites (N-methyl/N-ethyl adjacent to an activating group) is 1. The molecular weight excluding hydrogens is 312 g/mol. The standard InChI is InChI=1S/C17H21ClN4O/c1-22(2)10-9-19-16-8-5-14(12-20-16)17(23)21-11-13-3-6-15(18)7-4-13/h3-8,12H,9-11H2,1-2H3,(H,19,20)(H,21,23). The van der Waals surface area contributed by atoms with Gasteiger partial charge >= 0.3 is 0 Å². The number of hydrogen-bond acceptors (Lipinski definition) is 4. The fourth-order valence-electron chi connectivity index (χ4n) is 1.93. The molecule has 0 unspecified atom stereocenters. The highest BCUT2D eigenvalue weighted by atomic mass is 35.5. The number of anilines is 1. The average molecular weight is 333 g/mol. The van der Waals surface area contributed by atoms with E-state index in [1.807, 2.05) is 32.3 Å². The number of hydrogen-bond donors (Lipinski definition) is 2. The van der Waals surface area contributed by atoms with E-state index in [0.717, 1.165) is 24.5 Å². The van der Waals surface area contributed by atoms with Gasteiger partial charge < -0.3 is 15.5 Å². The quantitative estimate of drug-likeness (QED) is 0.818. The van der Waals surface area contributed by atoms with Crippen molar-refractivity contribution in [1.82, 2.24) is 15.2 Å². The van der Waals surface area contributed by atoms with Gasteiger partial charge in [-0.1, -0.05) is 23.7 Å². The summed E-state index contributed by atoms with van der Waals surface area (Å²) in [6.45, 7) is 2.19. The molecule has 1 aromatic heterocycles. The van der Waals surface area contributed by atoms with Crippen LogP contribution in [0.4, 0.5) is 5.82 Å². The summed E-state index contributed by atoms with van der Waals surface area (Å²) >= 11 is 5.83. The van der Waals surface area contributed by atoms with Crippen LogP contribution in [0.5, 0.6) is 0 Å². The molecule has 0 atom stereocenters. The molecule has 2 aromatic rings. The molecule has 1 heterocycles. The van der Waals surface area contributed by atoms with Gasteiger partial charge in [0.25, 0.3) is 5.91 Å². The van der Waals surface area contributed by atoms with Crippen LogP contribution in [-0.4, -0.2) is 43.0 Å². The summed E-state index contributed by atoms with van der Waals surface area (Å²) in [7, 11) is 4.03. The lowest BCUT2D eigenvalue weighted by molar-refractivity contribution is 0.0950. The van der Waals surface area contributed by atoms with Gasteiger partial charge in [-0.3, -0.25) is 4.79 Å². The SMILES string of the molecule is CN(C)CCNc1ccc(C(=O)NCc2ccc(Cl)cc2)cn1. The van der Waals surface area contributed by atoms with Gasteiger partial charge in [-0.15, -0.1) is 0 Å². The van der Waals surface area contributed by atoms with Crippen molar-refractivity contribution < 1.29 is 4.79 Å². The van der Waals surface area contributed by atoms with E-state index in [-0.39, 0.29) is 5.91 Å². The first kappa shape index (κ1) is 17.2. The van der Waals surface area contributed by atoms with Crippen molar-refractivity contribution in [3.05, 3.63) is 58.7 Å². The first-order chi connectivity index (χ1) is 11.0. The van der Waals surface area contributed by atoms with E-state index in [2.05, 4.69) is 20.5 Å². The number of carbonyl (C=O) groups is 1. The molecule has 0 radical (unpaired) electrons. The fraction of sp³-hybridized carbons (Fsp3) is 0.294. The Labute approximate surface area is 141 Å². The lowest BCUT2D eigenvalue weighted by Gasteiger charge is -2.11. The molecule has 0 bridgehead atoms. The van der Waals surface area contributed by atoms with Gasteiger partial charge in [-0.05, 0) is 43.9 Å². The number of rotatable bonds is 7. The molecule has 0 aliphatic carbocycles. The Morgan fingerprint density at radius 3 is 2.52 bits per heavy atom. The van der Waals surface area contributed by atoms with Crippen LogP contribution in [0.2, 0.25) is 5.02 Å². The highest BCUT2D eigenvalue weighted by molar-refractivity contribution is 6.30. The van der Waals surface area contributed by atoms with Crippen LogP contribution in [-0.2, 0) is 6.54 Å². The van der Waals surface area contributed by atoms with Crippen molar-refractivity contribution in [1.29, 1.82) is 0 Å². The monoisotopic (exact) mass is 332 g/mol. The maximum Gasteiger partial charge on any atom is 0.253 e. The number of amides is 1. The molecule has 0 aliphatic heterocycles. The summed E-state index contributed by atoms with van der Waals surface area (Å²) in [5.41, 5.74) is 1.54. The van der Waals surface area contributed by atoms with Crippen LogP contribution in [0.3, 0.4) is 0 Å². The minimum Gasteiger partial charge on any atom is -0.369 e. The minimum absolute atomic E-state index is 0.146. The zero-order valence-corrected chi connectivity index (χ0v) is 14.1. The normalized spacial score (nSPS) is 10.6. The van der Waals surface area contributed by atoms with Crippen molar-refractivity contribution in [2.45, 2.75) is 6.54 Å². The predicted molar refractivity (Wildman–Crippen MR) is 93.9 cm³/mol. The molecule has 0 saturated heterocycles. The van der Waals surface area contributed by atoms with E-state index < -0.39 is 0 Å². The van der Waals surface area contributed by atoms with Crippen molar-refractivity contribution in [3.63, 3.8) is 0 Å². The number of carbonyl (C=O) groups excluding carboxylic acids is 1. The van der Waals surface area contributed by atoms with Crippen LogP contribution >= 0.6 is 11.6 Å². The molecule has 1 aromatic carbocycles. The van der Waals surface area contributed by atoms with Crippen molar-refractivity contribution in [2.24, 2.45) is 0 Å². The molecule has 122 valence electrons. The van der Waals surface area contributed by atoms with E-state index in [1.54, 1.807) is 24.4 Å². The largest absolute Gasteiger partial charge is 0.369 e. The highest BCUT2D eigenvalue weighted by Gasteiger charge is 2.06. The summed E-state index contributed by atoms with van der Waals surface area (Å²) in [5.74, 6) is 0.619. The number of nitrogens with one attached hydrogen (secondary N) is 2. The van der Waals surface area contributed by atoms with Crippen LogP contribution < -0.4 is 10.6 Å². The molecule has 23 heavy (non-hydrogen) atoms. The van der Waals surface area contributed by atoms with Gasteiger partial charge in [0, 0.05) is 30.9 Å². The summed E-state index contributed by atoms with van der Waals surface area (Å²) in [6.07, 6.45) is 1.58. The van der Waals surface area contributed by atoms with Gasteiger partial charge in [-0.25, -0.2) is 4.98 Å². The Morgan fingerprint density at radius 2 is 1.91 bits per heavy atom. The summed E-state index contributed by atoms with van der Waals surface area (Å²) < 4.78 is 0. The maximum absolute atomic E-state index is 12.1. The van der Waals surface area contributed by atoms with E-state index in [1.165, 1.54) is 0 Å². The van der Waals surface area contributed by atoms with E-state index in [4.69, 9.17) is 11.6 Å². The highest BCUT2D eigenvalue weighted by Crippen LogP contribution is 2.10. The topological polar surface area (TPSA) is 57.3 Å². The van der Waals surface area contributed by atoms with Gasteiger partial charge in [-0.2, -0.15) is 0 Å². The number of nitrogens with zero attached hydrogens (tertiary/aromatic N) is 2. The third-order valence-corrected chi connectivity index (χ3v) is 3.51. The molecule has 0 fully saturated rings. The molecule has 0 saturated carbocycles. The van der Waals surface area contributed by atoms with Crippen LogP contribution in [0, 0.1) is 0 Å². The average Bonchev–Trinajstić information content (AvgIpc) is 2.54. The predicted octanol–water partition coefficient (Wildman–Crippen LogP) is 2.64. The first-order valence-electron chi connectivity index (χ1n) is 7.42. The molecule has 2 rings (SSSR count). The number of pyridine rings is 1. The van der Waals surface area contributed by atoms with Crippen molar-refractivity contribution in [2.75, 3.05) is 32.5 Å². The fourth-order valence-corrected chi connectivity index (χ4v) is 2.05.